The van der Waals surface area contributed by atoms with Gasteiger partial charge >= 0.3 is 0 Å². The second-order valence-electron chi connectivity index (χ2n) is 6.20. The van der Waals surface area contributed by atoms with Gasteiger partial charge in [0.2, 0.25) is 5.91 Å². The molecule has 0 aliphatic heterocycles. The molecule has 0 atom stereocenters. The summed E-state index contributed by atoms with van der Waals surface area (Å²) < 4.78 is 0. The number of amides is 1. The molecule has 0 aromatic carbocycles. The molecule has 0 saturated heterocycles. The summed E-state index contributed by atoms with van der Waals surface area (Å²) in [5, 5.41) is 0. The van der Waals surface area contributed by atoms with Crippen LogP contribution in [0.25, 0.3) is 0 Å². The van der Waals surface area contributed by atoms with Crippen LogP contribution in [-0.2, 0) is 4.79 Å². The topological polar surface area (TPSA) is 20.3 Å². The van der Waals surface area contributed by atoms with E-state index >= 15 is 0 Å². The Labute approximate surface area is 107 Å². The maximum Gasteiger partial charge on any atom is 0.225 e. The van der Waals surface area contributed by atoms with E-state index in [0.717, 1.165) is 30.8 Å². The number of carbonyl (C=O) groups excluding carboxylic acids is 1. The molecule has 2 heteroatoms. The SMILES string of the molecule is CCN(CCC1CC(C(C)C)C1)C(=O)C(C)C. The molecule has 1 saturated carbocycles. The highest BCUT2D eigenvalue weighted by Gasteiger charge is 2.31. The fraction of sp³-hybridized carbons (Fsp3) is 0.933. The normalized spacial score (nSPS) is 23.9. The summed E-state index contributed by atoms with van der Waals surface area (Å²) in [5.41, 5.74) is 0. The number of hydrogen-bond acceptors (Lipinski definition) is 1. The Morgan fingerprint density at radius 1 is 1.24 bits per heavy atom. The van der Waals surface area contributed by atoms with E-state index in [9.17, 15) is 4.79 Å². The van der Waals surface area contributed by atoms with Crippen LogP contribution in [0.1, 0.15) is 53.9 Å². The van der Waals surface area contributed by atoms with Crippen LogP contribution >= 0.6 is 0 Å². The van der Waals surface area contributed by atoms with E-state index in [-0.39, 0.29) is 5.92 Å². The van der Waals surface area contributed by atoms with Crippen molar-refractivity contribution in [1.29, 1.82) is 0 Å². The molecule has 0 aromatic heterocycles. The first-order valence-electron chi connectivity index (χ1n) is 7.24. The molecule has 0 bridgehead atoms. The van der Waals surface area contributed by atoms with E-state index in [1.165, 1.54) is 19.3 Å². The average Bonchev–Trinajstić information content (AvgIpc) is 2.19. The van der Waals surface area contributed by atoms with Gasteiger partial charge in [-0.1, -0.05) is 27.7 Å². The van der Waals surface area contributed by atoms with Gasteiger partial charge in [-0.15, -0.1) is 0 Å². The molecule has 1 amide bonds. The van der Waals surface area contributed by atoms with Crippen LogP contribution in [0.15, 0.2) is 0 Å². The third-order valence-corrected chi connectivity index (χ3v) is 4.21. The van der Waals surface area contributed by atoms with E-state index in [1.54, 1.807) is 0 Å². The van der Waals surface area contributed by atoms with Gasteiger partial charge in [-0.05, 0) is 43.9 Å². The van der Waals surface area contributed by atoms with Crippen LogP contribution in [0.3, 0.4) is 0 Å². The van der Waals surface area contributed by atoms with Crippen molar-refractivity contribution in [1.82, 2.24) is 4.90 Å². The molecular formula is C15H29NO. The third kappa shape index (κ3) is 4.01. The monoisotopic (exact) mass is 239 g/mol. The Morgan fingerprint density at radius 2 is 1.82 bits per heavy atom. The molecule has 0 spiro atoms. The van der Waals surface area contributed by atoms with E-state index in [4.69, 9.17) is 0 Å². The smallest absolute Gasteiger partial charge is 0.225 e. The standard InChI is InChI=1S/C15H29NO/c1-6-16(15(17)12(4)5)8-7-13-9-14(10-13)11(2)3/h11-14H,6-10H2,1-5H3. The predicted octanol–water partition coefficient (Wildman–Crippen LogP) is 3.56. The van der Waals surface area contributed by atoms with Gasteiger partial charge in [0, 0.05) is 19.0 Å². The van der Waals surface area contributed by atoms with Crippen molar-refractivity contribution in [2.24, 2.45) is 23.7 Å². The Balaban J connectivity index is 2.24. The minimum Gasteiger partial charge on any atom is -0.343 e. The van der Waals surface area contributed by atoms with Crippen LogP contribution < -0.4 is 0 Å². The summed E-state index contributed by atoms with van der Waals surface area (Å²) in [6, 6.07) is 0. The number of hydrogen-bond donors (Lipinski definition) is 0. The highest BCUT2D eigenvalue weighted by Crippen LogP contribution is 2.40. The highest BCUT2D eigenvalue weighted by molar-refractivity contribution is 5.78. The Bertz CT molecular complexity index is 241. The summed E-state index contributed by atoms with van der Waals surface area (Å²) in [6.07, 6.45) is 3.96. The van der Waals surface area contributed by atoms with Crippen molar-refractivity contribution in [3.05, 3.63) is 0 Å². The Morgan fingerprint density at radius 3 is 2.24 bits per heavy atom. The minimum atomic E-state index is 0.139. The maximum atomic E-state index is 11.9. The number of carbonyl (C=O) groups is 1. The Kier molecular flexibility index (Phi) is 5.48. The highest BCUT2D eigenvalue weighted by atomic mass is 16.2. The molecular weight excluding hydrogens is 210 g/mol. The number of nitrogens with zero attached hydrogens (tertiary/aromatic N) is 1. The molecule has 0 heterocycles. The lowest BCUT2D eigenvalue weighted by atomic mass is 9.68. The van der Waals surface area contributed by atoms with Gasteiger partial charge < -0.3 is 4.90 Å². The van der Waals surface area contributed by atoms with E-state index in [2.05, 4.69) is 20.8 Å². The summed E-state index contributed by atoms with van der Waals surface area (Å²) in [5.74, 6) is 3.10. The molecule has 0 unspecified atom stereocenters. The fourth-order valence-corrected chi connectivity index (χ4v) is 2.70. The molecule has 17 heavy (non-hydrogen) atoms. The van der Waals surface area contributed by atoms with Gasteiger partial charge in [0.1, 0.15) is 0 Å². The van der Waals surface area contributed by atoms with Gasteiger partial charge in [-0.25, -0.2) is 0 Å². The molecule has 1 aliphatic rings. The lowest BCUT2D eigenvalue weighted by molar-refractivity contribution is -0.134. The van der Waals surface area contributed by atoms with Gasteiger partial charge in [-0.3, -0.25) is 4.79 Å². The van der Waals surface area contributed by atoms with Crippen molar-refractivity contribution in [2.75, 3.05) is 13.1 Å². The minimum absolute atomic E-state index is 0.139. The van der Waals surface area contributed by atoms with Crippen LogP contribution in [0.2, 0.25) is 0 Å². The zero-order valence-corrected chi connectivity index (χ0v) is 12.2. The van der Waals surface area contributed by atoms with Gasteiger partial charge in [0.25, 0.3) is 0 Å². The molecule has 0 N–H and O–H groups in total. The van der Waals surface area contributed by atoms with Crippen LogP contribution in [0.4, 0.5) is 0 Å². The summed E-state index contributed by atoms with van der Waals surface area (Å²) in [7, 11) is 0. The first kappa shape index (κ1) is 14.5. The molecule has 1 aliphatic carbocycles. The molecule has 1 rings (SSSR count). The zero-order valence-electron chi connectivity index (χ0n) is 12.2. The first-order valence-corrected chi connectivity index (χ1v) is 7.24. The molecule has 1 fully saturated rings. The zero-order chi connectivity index (χ0) is 13.0. The lowest BCUT2D eigenvalue weighted by Crippen LogP contribution is -2.37. The predicted molar refractivity (Wildman–Crippen MR) is 72.8 cm³/mol. The maximum absolute atomic E-state index is 11.9. The van der Waals surface area contributed by atoms with Gasteiger partial charge in [0.15, 0.2) is 0 Å². The second kappa shape index (κ2) is 6.42. The third-order valence-electron chi connectivity index (χ3n) is 4.21. The average molecular weight is 239 g/mol. The Hall–Kier alpha value is -0.530. The summed E-state index contributed by atoms with van der Waals surface area (Å²) in [4.78, 5) is 13.9. The molecule has 2 nitrogen and oxygen atoms in total. The van der Waals surface area contributed by atoms with Crippen LogP contribution in [-0.4, -0.2) is 23.9 Å². The van der Waals surface area contributed by atoms with E-state index in [0.29, 0.717) is 5.91 Å². The van der Waals surface area contributed by atoms with Crippen molar-refractivity contribution in [3.63, 3.8) is 0 Å². The summed E-state index contributed by atoms with van der Waals surface area (Å²) >= 11 is 0. The first-order chi connectivity index (χ1) is 7.95. The fourth-order valence-electron chi connectivity index (χ4n) is 2.70. The van der Waals surface area contributed by atoms with Crippen LogP contribution in [0, 0.1) is 23.7 Å². The molecule has 0 radical (unpaired) electrons. The largest absolute Gasteiger partial charge is 0.343 e. The van der Waals surface area contributed by atoms with Crippen molar-refractivity contribution in [3.8, 4) is 0 Å². The lowest BCUT2D eigenvalue weighted by Gasteiger charge is -2.39. The van der Waals surface area contributed by atoms with Gasteiger partial charge in [0.05, 0.1) is 0 Å². The van der Waals surface area contributed by atoms with E-state index in [1.807, 2.05) is 18.7 Å². The second-order valence-corrected chi connectivity index (χ2v) is 6.20. The molecule has 100 valence electrons. The van der Waals surface area contributed by atoms with Crippen molar-refractivity contribution < 1.29 is 4.79 Å². The number of rotatable bonds is 6. The van der Waals surface area contributed by atoms with E-state index < -0.39 is 0 Å². The van der Waals surface area contributed by atoms with Crippen LogP contribution in [0.5, 0.6) is 0 Å². The van der Waals surface area contributed by atoms with Crippen molar-refractivity contribution in [2.45, 2.75) is 53.9 Å². The summed E-state index contributed by atoms with van der Waals surface area (Å²) in [6.45, 7) is 12.5. The van der Waals surface area contributed by atoms with Gasteiger partial charge in [-0.2, -0.15) is 0 Å². The quantitative estimate of drug-likeness (QED) is 0.694. The van der Waals surface area contributed by atoms with Crippen molar-refractivity contribution >= 4 is 5.91 Å². The molecule has 0 aromatic rings.